The number of thiazole rings is 1. The summed E-state index contributed by atoms with van der Waals surface area (Å²) in [5.74, 6) is 0.478. The highest BCUT2D eigenvalue weighted by Gasteiger charge is 2.16. The second-order valence-electron chi connectivity index (χ2n) is 5.69. The molecule has 0 unspecified atom stereocenters. The lowest BCUT2D eigenvalue weighted by Gasteiger charge is -2.08. The number of rotatable bonds is 5. The Morgan fingerprint density at radius 1 is 1.07 bits per heavy atom. The molecule has 7 nitrogen and oxygen atoms in total. The number of nitrogens with one attached hydrogen (secondary N) is 1. The summed E-state index contributed by atoms with van der Waals surface area (Å²) in [6, 6.07) is 13.5. The Morgan fingerprint density at radius 3 is 2.68 bits per heavy atom. The van der Waals surface area contributed by atoms with Crippen molar-refractivity contribution in [3.05, 3.63) is 78.1 Å². The van der Waals surface area contributed by atoms with Gasteiger partial charge in [0, 0.05) is 23.3 Å². The number of nitrogens with zero attached hydrogens (tertiary/aromatic N) is 3. The highest BCUT2D eigenvalue weighted by molar-refractivity contribution is 7.14. The molecule has 3 heterocycles. The second kappa shape index (κ2) is 7.85. The van der Waals surface area contributed by atoms with Crippen LogP contribution in [0.15, 0.2) is 72.5 Å². The highest BCUT2D eigenvalue weighted by Crippen LogP contribution is 2.28. The maximum Gasteiger partial charge on any atom is 0.262 e. The minimum atomic E-state index is -0.376. The van der Waals surface area contributed by atoms with E-state index in [-0.39, 0.29) is 23.1 Å². The van der Waals surface area contributed by atoms with Crippen LogP contribution in [0.25, 0.3) is 11.3 Å². The molecule has 4 rings (SSSR count). The summed E-state index contributed by atoms with van der Waals surface area (Å²) in [7, 11) is 0. The molecule has 2 N–H and O–H groups in total. The van der Waals surface area contributed by atoms with Crippen molar-refractivity contribution < 1.29 is 14.6 Å². The zero-order chi connectivity index (χ0) is 19.3. The molecule has 0 atom stereocenters. The Kier molecular flexibility index (Phi) is 4.94. The van der Waals surface area contributed by atoms with Gasteiger partial charge in [-0.25, -0.2) is 9.97 Å². The first kappa shape index (κ1) is 17.6. The van der Waals surface area contributed by atoms with Crippen LogP contribution < -0.4 is 10.1 Å². The third kappa shape index (κ3) is 3.97. The van der Waals surface area contributed by atoms with Crippen molar-refractivity contribution in [2.75, 3.05) is 5.32 Å². The average molecular weight is 390 g/mol. The number of anilines is 1. The maximum atomic E-state index is 12.7. The molecule has 0 saturated carbocycles. The van der Waals surface area contributed by atoms with Gasteiger partial charge in [0.2, 0.25) is 5.88 Å². The van der Waals surface area contributed by atoms with E-state index in [9.17, 15) is 9.90 Å². The van der Waals surface area contributed by atoms with Crippen LogP contribution in [0.4, 0.5) is 5.13 Å². The fraction of sp³-hybridized carbons (Fsp3) is 0. The second-order valence-corrected chi connectivity index (χ2v) is 6.54. The molecule has 0 saturated heterocycles. The van der Waals surface area contributed by atoms with E-state index in [2.05, 4.69) is 20.3 Å². The lowest BCUT2D eigenvalue weighted by atomic mass is 10.2. The Hall–Kier alpha value is -3.78. The lowest BCUT2D eigenvalue weighted by Crippen LogP contribution is -2.13. The molecule has 0 aliphatic rings. The molecule has 0 aliphatic carbocycles. The van der Waals surface area contributed by atoms with Crippen molar-refractivity contribution in [1.82, 2.24) is 15.0 Å². The summed E-state index contributed by atoms with van der Waals surface area (Å²) in [5.41, 5.74) is 1.84. The number of pyridine rings is 2. The Labute approximate surface area is 164 Å². The number of hydrogen-bond donors (Lipinski definition) is 2. The Bertz CT molecular complexity index is 1100. The molecule has 0 aliphatic heterocycles. The average Bonchev–Trinajstić information content (AvgIpc) is 3.18. The van der Waals surface area contributed by atoms with Crippen molar-refractivity contribution in [3.8, 4) is 28.6 Å². The first-order valence-corrected chi connectivity index (χ1v) is 9.16. The molecule has 0 bridgehead atoms. The number of amides is 1. The smallest absolute Gasteiger partial charge is 0.262 e. The molecule has 28 heavy (non-hydrogen) atoms. The van der Waals surface area contributed by atoms with Crippen molar-refractivity contribution in [2.24, 2.45) is 0 Å². The number of aromatic hydroxyl groups is 1. The number of carbonyl (C=O) groups excluding carboxylic acids is 1. The summed E-state index contributed by atoms with van der Waals surface area (Å²) in [5, 5.41) is 14.4. The highest BCUT2D eigenvalue weighted by atomic mass is 32.1. The van der Waals surface area contributed by atoms with Crippen molar-refractivity contribution in [1.29, 1.82) is 0 Å². The number of hydrogen-bond acceptors (Lipinski definition) is 7. The predicted octanol–water partition coefficient (Wildman–Crippen LogP) is 4.35. The summed E-state index contributed by atoms with van der Waals surface area (Å²) in [4.78, 5) is 25.3. The first-order valence-electron chi connectivity index (χ1n) is 8.28. The summed E-state index contributed by atoms with van der Waals surface area (Å²) in [6.07, 6.45) is 4.73. The van der Waals surface area contributed by atoms with Gasteiger partial charge in [0.1, 0.15) is 17.1 Å². The van der Waals surface area contributed by atoms with Crippen molar-refractivity contribution in [2.45, 2.75) is 0 Å². The third-order valence-corrected chi connectivity index (χ3v) is 4.51. The van der Waals surface area contributed by atoms with Crippen molar-refractivity contribution >= 4 is 22.4 Å². The van der Waals surface area contributed by atoms with Gasteiger partial charge in [-0.05, 0) is 48.5 Å². The lowest BCUT2D eigenvalue weighted by molar-refractivity contribution is 0.102. The minimum Gasteiger partial charge on any atom is -0.508 e. The molecule has 0 radical (unpaired) electrons. The van der Waals surface area contributed by atoms with Crippen LogP contribution >= 0.6 is 11.3 Å². The maximum absolute atomic E-state index is 12.7. The van der Waals surface area contributed by atoms with Gasteiger partial charge in [-0.2, -0.15) is 0 Å². The number of aromatic nitrogens is 3. The topological polar surface area (TPSA) is 97.2 Å². The zero-order valence-electron chi connectivity index (χ0n) is 14.4. The normalized spacial score (nSPS) is 10.4. The van der Waals surface area contributed by atoms with E-state index in [4.69, 9.17) is 4.74 Å². The summed E-state index contributed by atoms with van der Waals surface area (Å²) < 4.78 is 5.68. The molecule has 4 aromatic rings. The molecular weight excluding hydrogens is 376 g/mol. The van der Waals surface area contributed by atoms with Gasteiger partial charge in [-0.1, -0.05) is 0 Å². The number of benzene rings is 1. The van der Waals surface area contributed by atoms with E-state index in [1.807, 2.05) is 5.38 Å². The number of carbonyl (C=O) groups is 1. The quantitative estimate of drug-likeness (QED) is 0.526. The monoisotopic (exact) mass is 390 g/mol. The summed E-state index contributed by atoms with van der Waals surface area (Å²) in [6.45, 7) is 0. The van der Waals surface area contributed by atoms with Gasteiger partial charge < -0.3 is 9.84 Å². The molecule has 1 amide bonds. The minimum absolute atomic E-state index is 0.184. The van der Waals surface area contributed by atoms with Crippen LogP contribution in [0.1, 0.15) is 10.4 Å². The predicted molar refractivity (Wildman–Crippen MR) is 106 cm³/mol. The number of ether oxygens (including phenoxy) is 1. The fourth-order valence-corrected chi connectivity index (χ4v) is 3.14. The molecule has 138 valence electrons. The largest absolute Gasteiger partial charge is 0.508 e. The van der Waals surface area contributed by atoms with Gasteiger partial charge in [0.15, 0.2) is 5.13 Å². The van der Waals surface area contributed by atoms with Gasteiger partial charge >= 0.3 is 0 Å². The Morgan fingerprint density at radius 2 is 1.89 bits per heavy atom. The van der Waals surface area contributed by atoms with Crippen LogP contribution in [0.5, 0.6) is 17.4 Å². The van der Waals surface area contributed by atoms with E-state index in [0.717, 1.165) is 5.56 Å². The first-order chi connectivity index (χ1) is 13.7. The van der Waals surface area contributed by atoms with Gasteiger partial charge in [0.05, 0.1) is 11.9 Å². The molecule has 0 fully saturated rings. The molecule has 0 spiro atoms. The van der Waals surface area contributed by atoms with Crippen LogP contribution in [0.3, 0.4) is 0 Å². The van der Waals surface area contributed by atoms with Crippen molar-refractivity contribution in [3.63, 3.8) is 0 Å². The molecule has 1 aromatic carbocycles. The SMILES string of the molecule is O=C(Nc1nc(-c2ccc(O)cc2)cs1)c1cccnc1Oc1cccnc1. The number of phenols is 1. The zero-order valence-corrected chi connectivity index (χ0v) is 15.3. The van der Waals surface area contributed by atoms with Crippen LogP contribution in [0.2, 0.25) is 0 Å². The van der Waals surface area contributed by atoms with E-state index in [1.165, 1.54) is 11.3 Å². The third-order valence-electron chi connectivity index (χ3n) is 3.75. The van der Waals surface area contributed by atoms with Gasteiger partial charge in [-0.15, -0.1) is 11.3 Å². The van der Waals surface area contributed by atoms with E-state index in [0.29, 0.717) is 16.6 Å². The van der Waals surface area contributed by atoms with E-state index in [1.54, 1.807) is 67.1 Å². The molecule has 8 heteroatoms. The van der Waals surface area contributed by atoms with Crippen LogP contribution in [0, 0.1) is 0 Å². The van der Waals surface area contributed by atoms with Crippen LogP contribution in [-0.2, 0) is 0 Å². The standard InChI is InChI=1S/C20H14N4O3S/c25-14-7-5-13(6-8-14)17-12-28-20(23-17)24-18(26)16-4-2-10-22-19(16)27-15-3-1-9-21-11-15/h1-12,25H,(H,23,24,26). The molecular formula is C20H14N4O3S. The summed E-state index contributed by atoms with van der Waals surface area (Å²) >= 11 is 1.30. The fourth-order valence-electron chi connectivity index (χ4n) is 2.42. The van der Waals surface area contributed by atoms with Gasteiger partial charge in [0.25, 0.3) is 5.91 Å². The van der Waals surface area contributed by atoms with Crippen LogP contribution in [-0.4, -0.2) is 26.0 Å². The van der Waals surface area contributed by atoms with Gasteiger partial charge in [-0.3, -0.25) is 15.1 Å². The van der Waals surface area contributed by atoms with E-state index >= 15 is 0 Å². The van der Waals surface area contributed by atoms with E-state index < -0.39 is 0 Å². The molecule has 3 aromatic heterocycles. The Balaban J connectivity index is 1.52. The number of phenolic OH excluding ortho intramolecular Hbond substituents is 1.